The predicted molar refractivity (Wildman–Crippen MR) is 136 cm³/mol. The number of amides is 1. The number of piperazine rings is 1. The highest BCUT2D eigenvalue weighted by atomic mass is 35.5. The number of carbonyl (C=O) groups is 1. The van der Waals surface area contributed by atoms with Crippen molar-refractivity contribution in [2.45, 2.75) is 12.6 Å². The van der Waals surface area contributed by atoms with Crippen LogP contribution in [0.5, 0.6) is 0 Å². The second-order valence-electron chi connectivity index (χ2n) is 8.13. The van der Waals surface area contributed by atoms with Gasteiger partial charge in [0.25, 0.3) is 5.91 Å². The molecule has 0 aliphatic carbocycles. The Morgan fingerprint density at radius 1 is 1.06 bits per heavy atom. The second-order valence-corrected chi connectivity index (χ2v) is 9.41. The number of nitrogens with one attached hydrogen (secondary N) is 1. The minimum atomic E-state index is -0.288. The third kappa shape index (κ3) is 6.03. The van der Waals surface area contributed by atoms with Crippen LogP contribution in [0.15, 0.2) is 55.0 Å². The number of aliphatic hydroxyl groups excluding tert-OH is 1. The summed E-state index contributed by atoms with van der Waals surface area (Å²) in [6.45, 7) is 4.08. The van der Waals surface area contributed by atoms with E-state index in [1.165, 1.54) is 0 Å². The Bertz CT molecular complexity index is 1120. The van der Waals surface area contributed by atoms with Crippen molar-refractivity contribution in [3.63, 3.8) is 0 Å². The molecule has 1 atom stereocenters. The number of hydrogen-bond acceptors (Lipinski definition) is 5. The van der Waals surface area contributed by atoms with Crippen LogP contribution in [0.25, 0.3) is 0 Å². The minimum absolute atomic E-state index is 0.0901. The number of halogens is 3. The summed E-state index contributed by atoms with van der Waals surface area (Å²) in [7, 11) is 0. The molecule has 0 spiro atoms. The van der Waals surface area contributed by atoms with Crippen LogP contribution in [0.2, 0.25) is 15.1 Å². The number of aromatic nitrogens is 2. The Kier molecular flexibility index (Phi) is 8.34. The average Bonchev–Trinajstić information content (AvgIpc) is 3.31. The van der Waals surface area contributed by atoms with Crippen LogP contribution in [0, 0.1) is 0 Å². The van der Waals surface area contributed by atoms with Gasteiger partial charge in [-0.3, -0.25) is 9.69 Å². The van der Waals surface area contributed by atoms with Crippen LogP contribution in [-0.2, 0) is 6.54 Å². The summed E-state index contributed by atoms with van der Waals surface area (Å²) in [5.41, 5.74) is 2.46. The van der Waals surface area contributed by atoms with Crippen LogP contribution in [0.4, 0.5) is 5.69 Å². The van der Waals surface area contributed by atoms with Crippen molar-refractivity contribution < 1.29 is 9.90 Å². The van der Waals surface area contributed by atoms with Crippen molar-refractivity contribution >= 4 is 46.4 Å². The Morgan fingerprint density at radius 2 is 1.82 bits per heavy atom. The number of nitrogens with zero attached hydrogens (tertiary/aromatic N) is 4. The maximum absolute atomic E-state index is 12.0. The topological polar surface area (TPSA) is 73.6 Å². The first-order chi connectivity index (χ1) is 16.4. The molecule has 34 heavy (non-hydrogen) atoms. The minimum Gasteiger partial charge on any atom is -0.395 e. The first kappa shape index (κ1) is 24.8. The Morgan fingerprint density at radius 3 is 2.56 bits per heavy atom. The predicted octanol–water partition coefficient (Wildman–Crippen LogP) is 4.13. The van der Waals surface area contributed by atoms with Gasteiger partial charge in [0.2, 0.25) is 0 Å². The number of anilines is 1. The molecular weight excluding hydrogens is 497 g/mol. The first-order valence-corrected chi connectivity index (χ1v) is 12.2. The summed E-state index contributed by atoms with van der Waals surface area (Å²) in [5.74, 6) is -0.288. The molecule has 4 rings (SSSR count). The van der Waals surface area contributed by atoms with Crippen LogP contribution >= 0.6 is 34.8 Å². The Labute approximate surface area is 213 Å². The van der Waals surface area contributed by atoms with E-state index in [1.54, 1.807) is 18.6 Å². The van der Waals surface area contributed by atoms with Crippen molar-refractivity contribution in [1.82, 2.24) is 19.8 Å². The highest BCUT2D eigenvalue weighted by Gasteiger charge is 2.29. The van der Waals surface area contributed by atoms with Crippen LogP contribution in [0.1, 0.15) is 22.1 Å². The van der Waals surface area contributed by atoms with Gasteiger partial charge in [-0.1, -0.05) is 46.9 Å². The number of carbonyl (C=O) groups excluding carboxylic acids is 1. The summed E-state index contributed by atoms with van der Waals surface area (Å²) in [6.07, 6.45) is 3.39. The van der Waals surface area contributed by atoms with E-state index in [0.717, 1.165) is 37.4 Å². The summed E-state index contributed by atoms with van der Waals surface area (Å²) in [5, 5.41) is 13.4. The standard InChI is InChI=1S/C24H26Cl3N5O2/c25-18-3-1-17(2-4-18)23-15-30(10-11-32(23)22-6-5-19(26)13-20(22)27)8-9-31-14-21(29-16-31)24(34)28-7-12-33/h1-6,13-14,16,23,33H,7-12,15H2,(H,28,34). The van der Waals surface area contributed by atoms with Gasteiger partial charge in [-0.05, 0) is 35.9 Å². The molecule has 1 aromatic heterocycles. The lowest BCUT2D eigenvalue weighted by molar-refractivity contribution is 0.0940. The van der Waals surface area contributed by atoms with E-state index in [1.807, 2.05) is 28.8 Å². The highest BCUT2D eigenvalue weighted by Crippen LogP contribution is 2.36. The number of aliphatic hydroxyl groups is 1. The molecule has 180 valence electrons. The number of rotatable bonds is 8. The third-order valence-corrected chi connectivity index (χ3v) is 6.67. The van der Waals surface area contributed by atoms with E-state index in [4.69, 9.17) is 39.9 Å². The van der Waals surface area contributed by atoms with E-state index in [2.05, 4.69) is 32.2 Å². The third-order valence-electron chi connectivity index (χ3n) is 5.88. The molecule has 1 unspecified atom stereocenters. The van der Waals surface area contributed by atoms with Gasteiger partial charge in [0, 0.05) is 55.5 Å². The molecule has 0 saturated carbocycles. The first-order valence-electron chi connectivity index (χ1n) is 11.0. The summed E-state index contributed by atoms with van der Waals surface area (Å²) >= 11 is 18.8. The number of imidazole rings is 1. The molecule has 1 fully saturated rings. The smallest absolute Gasteiger partial charge is 0.271 e. The lowest BCUT2D eigenvalue weighted by Crippen LogP contribution is -2.49. The molecule has 1 amide bonds. The fraction of sp³-hybridized carbons (Fsp3) is 0.333. The van der Waals surface area contributed by atoms with E-state index in [-0.39, 0.29) is 25.1 Å². The highest BCUT2D eigenvalue weighted by molar-refractivity contribution is 6.36. The van der Waals surface area contributed by atoms with Crippen molar-refractivity contribution in [2.24, 2.45) is 0 Å². The molecule has 10 heteroatoms. The van der Waals surface area contributed by atoms with Gasteiger partial charge in [-0.2, -0.15) is 0 Å². The lowest BCUT2D eigenvalue weighted by Gasteiger charge is -2.43. The maximum atomic E-state index is 12.0. The SMILES string of the molecule is O=C(NCCO)c1cn(CCN2CCN(c3ccc(Cl)cc3Cl)C(c3ccc(Cl)cc3)C2)cn1. The molecule has 3 aromatic rings. The molecule has 1 aliphatic rings. The van der Waals surface area contributed by atoms with Crippen molar-refractivity contribution in [1.29, 1.82) is 0 Å². The van der Waals surface area contributed by atoms with E-state index >= 15 is 0 Å². The van der Waals surface area contributed by atoms with Gasteiger partial charge in [0.05, 0.1) is 29.7 Å². The lowest BCUT2D eigenvalue weighted by atomic mass is 10.0. The molecule has 2 N–H and O–H groups in total. The number of benzene rings is 2. The van der Waals surface area contributed by atoms with E-state index in [9.17, 15) is 4.79 Å². The van der Waals surface area contributed by atoms with Crippen LogP contribution in [-0.4, -0.2) is 64.8 Å². The number of hydrogen-bond donors (Lipinski definition) is 2. The molecule has 1 saturated heterocycles. The monoisotopic (exact) mass is 521 g/mol. The fourth-order valence-corrected chi connectivity index (χ4v) is 4.77. The van der Waals surface area contributed by atoms with E-state index in [0.29, 0.717) is 27.3 Å². The normalized spacial score (nSPS) is 16.6. The zero-order valence-corrected chi connectivity index (χ0v) is 20.8. The zero-order chi connectivity index (χ0) is 24.1. The molecule has 1 aliphatic heterocycles. The molecule has 2 heterocycles. The quantitative estimate of drug-likeness (QED) is 0.465. The van der Waals surface area contributed by atoms with Gasteiger partial charge in [0.15, 0.2) is 0 Å². The second kappa shape index (κ2) is 11.4. The van der Waals surface area contributed by atoms with Crippen LogP contribution in [0.3, 0.4) is 0 Å². The van der Waals surface area contributed by atoms with Gasteiger partial charge in [-0.25, -0.2) is 4.98 Å². The van der Waals surface area contributed by atoms with Crippen molar-refractivity contribution in [3.05, 3.63) is 81.3 Å². The summed E-state index contributed by atoms with van der Waals surface area (Å²) in [6, 6.07) is 13.6. The van der Waals surface area contributed by atoms with Gasteiger partial charge < -0.3 is 19.9 Å². The molecular formula is C24H26Cl3N5O2. The average molecular weight is 523 g/mol. The molecule has 2 aromatic carbocycles. The fourth-order valence-electron chi connectivity index (χ4n) is 4.13. The summed E-state index contributed by atoms with van der Waals surface area (Å²) in [4.78, 5) is 20.9. The van der Waals surface area contributed by atoms with Crippen molar-refractivity contribution in [2.75, 3.05) is 44.2 Å². The largest absolute Gasteiger partial charge is 0.395 e. The molecule has 0 bridgehead atoms. The molecule has 0 radical (unpaired) electrons. The van der Waals surface area contributed by atoms with Gasteiger partial charge in [-0.15, -0.1) is 0 Å². The zero-order valence-electron chi connectivity index (χ0n) is 18.5. The van der Waals surface area contributed by atoms with Crippen molar-refractivity contribution in [3.8, 4) is 0 Å². The Hall–Kier alpha value is -2.29. The van der Waals surface area contributed by atoms with E-state index < -0.39 is 0 Å². The maximum Gasteiger partial charge on any atom is 0.271 e. The van der Waals surface area contributed by atoms with Crippen LogP contribution < -0.4 is 10.2 Å². The van der Waals surface area contributed by atoms with Gasteiger partial charge in [0.1, 0.15) is 5.69 Å². The summed E-state index contributed by atoms with van der Waals surface area (Å²) < 4.78 is 1.91. The van der Waals surface area contributed by atoms with Gasteiger partial charge >= 0.3 is 0 Å². The molecule has 7 nitrogen and oxygen atoms in total. The Balaban J connectivity index is 1.46.